The number of rotatable bonds is 4. The van der Waals surface area contributed by atoms with Crippen LogP contribution in [-0.2, 0) is 0 Å². The smallest absolute Gasteiger partial charge is 0.263 e. The van der Waals surface area contributed by atoms with Crippen molar-refractivity contribution in [3.8, 4) is 9.88 Å². The lowest BCUT2D eigenvalue weighted by molar-refractivity contribution is 0.0944. The van der Waals surface area contributed by atoms with Crippen molar-refractivity contribution in [1.82, 2.24) is 10.3 Å². The molecule has 0 aliphatic carbocycles. The summed E-state index contributed by atoms with van der Waals surface area (Å²) in [7, 11) is 0. The van der Waals surface area contributed by atoms with E-state index in [4.69, 9.17) is 11.6 Å². The Kier molecular flexibility index (Phi) is 4.57. The minimum atomic E-state index is -0.118. The third-order valence-electron chi connectivity index (χ3n) is 3.16. The monoisotopic (exact) mass is 348 g/mol. The standard InChI is InChI=1S/C16H13ClN2OS2/c1-10(11-4-2-5-12(17)8-11)19-15(20)14-9-18-16(22-14)13-6-3-7-21-13/h2-10H,1H3,(H,19,20). The van der Waals surface area contributed by atoms with Crippen LogP contribution < -0.4 is 5.32 Å². The van der Waals surface area contributed by atoms with Gasteiger partial charge in [0.1, 0.15) is 9.88 Å². The molecule has 0 aliphatic rings. The van der Waals surface area contributed by atoms with E-state index >= 15 is 0 Å². The van der Waals surface area contributed by atoms with Crippen molar-refractivity contribution >= 4 is 40.2 Å². The predicted molar refractivity (Wildman–Crippen MR) is 92.8 cm³/mol. The van der Waals surface area contributed by atoms with Crippen LogP contribution in [0.15, 0.2) is 48.0 Å². The summed E-state index contributed by atoms with van der Waals surface area (Å²) in [5.74, 6) is -0.118. The lowest BCUT2D eigenvalue weighted by Crippen LogP contribution is -2.25. The Hall–Kier alpha value is -1.69. The summed E-state index contributed by atoms with van der Waals surface area (Å²) >= 11 is 9.00. The van der Waals surface area contributed by atoms with Crippen molar-refractivity contribution in [1.29, 1.82) is 0 Å². The number of amides is 1. The third-order valence-corrected chi connectivity index (χ3v) is 5.43. The maximum absolute atomic E-state index is 12.3. The first kappa shape index (κ1) is 15.2. The third kappa shape index (κ3) is 3.38. The van der Waals surface area contributed by atoms with Crippen LogP contribution >= 0.6 is 34.3 Å². The number of halogens is 1. The predicted octanol–water partition coefficient (Wildman–Crippen LogP) is 5.02. The van der Waals surface area contributed by atoms with E-state index in [1.165, 1.54) is 11.3 Å². The van der Waals surface area contributed by atoms with E-state index in [0.29, 0.717) is 9.90 Å². The van der Waals surface area contributed by atoms with Gasteiger partial charge >= 0.3 is 0 Å². The van der Waals surface area contributed by atoms with Gasteiger partial charge in [-0.2, -0.15) is 0 Å². The van der Waals surface area contributed by atoms with E-state index in [2.05, 4.69) is 10.3 Å². The van der Waals surface area contributed by atoms with Crippen LogP contribution in [0, 0.1) is 0 Å². The van der Waals surface area contributed by atoms with Gasteiger partial charge in [0, 0.05) is 5.02 Å². The number of nitrogens with one attached hydrogen (secondary N) is 1. The second-order valence-electron chi connectivity index (χ2n) is 4.76. The molecule has 3 nitrogen and oxygen atoms in total. The Labute approximate surface area is 141 Å². The van der Waals surface area contributed by atoms with E-state index in [0.717, 1.165) is 15.4 Å². The molecule has 2 heterocycles. The normalized spacial score (nSPS) is 12.1. The Balaban J connectivity index is 1.72. The molecule has 0 radical (unpaired) electrons. The molecule has 0 saturated heterocycles. The van der Waals surface area contributed by atoms with Crippen LogP contribution in [0.1, 0.15) is 28.2 Å². The highest BCUT2D eigenvalue weighted by atomic mass is 35.5. The fraction of sp³-hybridized carbons (Fsp3) is 0.125. The van der Waals surface area contributed by atoms with Crippen molar-refractivity contribution in [3.63, 3.8) is 0 Å². The molecule has 3 rings (SSSR count). The number of hydrogen-bond acceptors (Lipinski definition) is 4. The van der Waals surface area contributed by atoms with Gasteiger partial charge < -0.3 is 5.32 Å². The van der Waals surface area contributed by atoms with Gasteiger partial charge in [-0.3, -0.25) is 4.79 Å². The summed E-state index contributed by atoms with van der Waals surface area (Å²) in [5.41, 5.74) is 0.976. The summed E-state index contributed by atoms with van der Waals surface area (Å²) < 4.78 is 0. The molecule has 112 valence electrons. The van der Waals surface area contributed by atoms with Crippen LogP contribution in [-0.4, -0.2) is 10.9 Å². The number of thiophene rings is 1. The van der Waals surface area contributed by atoms with Gasteiger partial charge in [-0.25, -0.2) is 4.98 Å². The van der Waals surface area contributed by atoms with Crippen LogP contribution in [0.25, 0.3) is 9.88 Å². The Morgan fingerprint density at radius 3 is 2.91 bits per heavy atom. The molecular weight excluding hydrogens is 336 g/mol. The maximum Gasteiger partial charge on any atom is 0.263 e. The zero-order chi connectivity index (χ0) is 15.5. The van der Waals surface area contributed by atoms with Gasteiger partial charge in [0.05, 0.1) is 17.1 Å². The van der Waals surface area contributed by atoms with E-state index in [-0.39, 0.29) is 11.9 Å². The molecule has 0 bridgehead atoms. The molecule has 3 aromatic rings. The SMILES string of the molecule is CC(NC(=O)c1cnc(-c2cccs2)s1)c1cccc(Cl)c1. The first-order chi connectivity index (χ1) is 10.6. The van der Waals surface area contributed by atoms with Crippen LogP contribution in [0.3, 0.4) is 0 Å². The van der Waals surface area contributed by atoms with Crippen molar-refractivity contribution in [2.75, 3.05) is 0 Å². The second-order valence-corrected chi connectivity index (χ2v) is 7.17. The van der Waals surface area contributed by atoms with E-state index in [1.807, 2.05) is 48.7 Å². The van der Waals surface area contributed by atoms with Gasteiger partial charge in [0.15, 0.2) is 0 Å². The van der Waals surface area contributed by atoms with E-state index < -0.39 is 0 Å². The molecule has 1 atom stereocenters. The number of thiazole rings is 1. The lowest BCUT2D eigenvalue weighted by atomic mass is 10.1. The Morgan fingerprint density at radius 1 is 1.32 bits per heavy atom. The highest BCUT2D eigenvalue weighted by Gasteiger charge is 2.15. The Bertz CT molecular complexity index is 783. The van der Waals surface area contributed by atoms with Crippen molar-refractivity contribution in [2.24, 2.45) is 0 Å². The number of aromatic nitrogens is 1. The maximum atomic E-state index is 12.3. The first-order valence-electron chi connectivity index (χ1n) is 6.69. The fourth-order valence-corrected chi connectivity index (χ4v) is 3.84. The average Bonchev–Trinajstić information content (AvgIpc) is 3.18. The zero-order valence-electron chi connectivity index (χ0n) is 11.7. The topological polar surface area (TPSA) is 42.0 Å². The van der Waals surface area contributed by atoms with Gasteiger partial charge in [-0.05, 0) is 36.1 Å². The highest BCUT2D eigenvalue weighted by Crippen LogP contribution is 2.29. The molecule has 1 unspecified atom stereocenters. The summed E-state index contributed by atoms with van der Waals surface area (Å²) in [6.45, 7) is 1.94. The molecular formula is C16H13ClN2OS2. The van der Waals surface area contributed by atoms with Crippen molar-refractivity contribution < 1.29 is 4.79 Å². The minimum Gasteiger partial charge on any atom is -0.345 e. The van der Waals surface area contributed by atoms with Gasteiger partial charge in [0.2, 0.25) is 0 Å². The number of hydrogen-bond donors (Lipinski definition) is 1. The quantitative estimate of drug-likeness (QED) is 0.719. The molecule has 0 aliphatic heterocycles. The largest absolute Gasteiger partial charge is 0.345 e. The summed E-state index contributed by atoms with van der Waals surface area (Å²) in [4.78, 5) is 18.3. The average molecular weight is 349 g/mol. The first-order valence-corrected chi connectivity index (χ1v) is 8.77. The van der Waals surface area contributed by atoms with Gasteiger partial charge in [-0.15, -0.1) is 22.7 Å². The summed E-state index contributed by atoms with van der Waals surface area (Å²) in [5, 5.41) is 6.51. The van der Waals surface area contributed by atoms with Gasteiger partial charge in [0.25, 0.3) is 5.91 Å². The van der Waals surface area contributed by atoms with Crippen molar-refractivity contribution in [2.45, 2.75) is 13.0 Å². The van der Waals surface area contributed by atoms with Crippen molar-refractivity contribution in [3.05, 3.63) is 63.4 Å². The minimum absolute atomic E-state index is 0.113. The number of nitrogens with zero attached hydrogens (tertiary/aromatic N) is 1. The fourth-order valence-electron chi connectivity index (χ4n) is 2.02. The summed E-state index contributed by atoms with van der Waals surface area (Å²) in [6, 6.07) is 11.4. The lowest BCUT2D eigenvalue weighted by Gasteiger charge is -2.13. The Morgan fingerprint density at radius 2 is 2.18 bits per heavy atom. The van der Waals surface area contributed by atoms with Crippen LogP contribution in [0.2, 0.25) is 5.02 Å². The molecule has 1 amide bonds. The van der Waals surface area contributed by atoms with Gasteiger partial charge in [-0.1, -0.05) is 29.8 Å². The molecule has 1 N–H and O–H groups in total. The summed E-state index contributed by atoms with van der Waals surface area (Å²) in [6.07, 6.45) is 1.62. The zero-order valence-corrected chi connectivity index (χ0v) is 14.1. The second kappa shape index (κ2) is 6.60. The highest BCUT2D eigenvalue weighted by molar-refractivity contribution is 7.21. The molecule has 6 heteroatoms. The van der Waals surface area contributed by atoms with Crippen LogP contribution in [0.4, 0.5) is 0 Å². The molecule has 0 spiro atoms. The van der Waals surface area contributed by atoms with E-state index in [9.17, 15) is 4.79 Å². The molecule has 1 aromatic carbocycles. The van der Waals surface area contributed by atoms with Crippen LogP contribution in [0.5, 0.6) is 0 Å². The van der Waals surface area contributed by atoms with E-state index in [1.54, 1.807) is 17.5 Å². The molecule has 2 aromatic heterocycles. The molecule has 22 heavy (non-hydrogen) atoms. The molecule has 0 fully saturated rings. The number of carbonyl (C=O) groups is 1. The number of carbonyl (C=O) groups excluding carboxylic acids is 1. The number of benzene rings is 1. The molecule has 0 saturated carbocycles.